The molecule has 1 aliphatic rings. The lowest BCUT2D eigenvalue weighted by Gasteiger charge is -2.15. The number of hydrogen-bond acceptors (Lipinski definition) is 9. The molecular weight excluding hydrogens is 498 g/mol. The molecule has 1 aliphatic heterocycles. The van der Waals surface area contributed by atoms with E-state index in [-0.39, 0.29) is 18.9 Å². The molecule has 11 heteroatoms. The van der Waals surface area contributed by atoms with E-state index >= 15 is 0 Å². The molecule has 1 amide bonds. The van der Waals surface area contributed by atoms with Crippen LogP contribution in [0.1, 0.15) is 30.4 Å². The summed E-state index contributed by atoms with van der Waals surface area (Å²) in [7, 11) is 1.90. The third-order valence-corrected chi connectivity index (χ3v) is 5.97. The molecule has 0 saturated heterocycles. The maximum Gasteiger partial charge on any atom is 0.303 e. The fourth-order valence-electron chi connectivity index (χ4n) is 4.00. The molecule has 0 atom stereocenters. The van der Waals surface area contributed by atoms with Crippen molar-refractivity contribution in [3.8, 4) is 5.75 Å². The van der Waals surface area contributed by atoms with E-state index in [1.54, 1.807) is 6.20 Å². The standard InChI is InChI=1S/C28H33N7O4/c1-29-12-6-13-30-26-25-21(28(38)35-27(25)34-18-33-26)17-31-20-10-11-22(32-16-19-7-3-2-4-8-19)23(15-20)39-14-5-9-24(36)37/h2-4,7-8,10-11,15,17-18,29,31-32H,5-6,9,12-14,16H2,1H3,(H,36,37)(H2,30,33,34,35,38)/b21-17-. The third-order valence-electron chi connectivity index (χ3n) is 5.97. The number of anilines is 4. The SMILES string of the molecule is CNCCCNc1ncnc2c1/C(=C/Nc1ccc(NCc3ccccc3)c(OCCCC(=O)O)c1)C(=O)N2. The molecule has 3 aromatic rings. The Bertz CT molecular complexity index is 1310. The van der Waals surface area contributed by atoms with Gasteiger partial charge in [0.05, 0.1) is 23.4 Å². The van der Waals surface area contributed by atoms with Crippen molar-refractivity contribution in [1.82, 2.24) is 15.3 Å². The lowest BCUT2D eigenvalue weighted by Crippen LogP contribution is -2.14. The highest BCUT2D eigenvalue weighted by Crippen LogP contribution is 2.35. The van der Waals surface area contributed by atoms with Crippen molar-refractivity contribution in [3.63, 3.8) is 0 Å². The van der Waals surface area contributed by atoms with Crippen molar-refractivity contribution in [3.05, 3.63) is 72.2 Å². The van der Waals surface area contributed by atoms with E-state index in [2.05, 4.69) is 36.6 Å². The summed E-state index contributed by atoms with van der Waals surface area (Å²) in [4.78, 5) is 32.2. The topological polar surface area (TPSA) is 150 Å². The second-order valence-electron chi connectivity index (χ2n) is 8.88. The molecule has 11 nitrogen and oxygen atoms in total. The fraction of sp³-hybridized carbons (Fsp3) is 0.286. The van der Waals surface area contributed by atoms with Crippen LogP contribution in [0.4, 0.5) is 23.0 Å². The number of carbonyl (C=O) groups is 2. The average molecular weight is 532 g/mol. The summed E-state index contributed by atoms with van der Waals surface area (Å²) >= 11 is 0. The van der Waals surface area contributed by atoms with E-state index in [4.69, 9.17) is 9.84 Å². The van der Waals surface area contributed by atoms with Crippen LogP contribution in [0.15, 0.2) is 61.1 Å². The van der Waals surface area contributed by atoms with E-state index in [0.717, 1.165) is 24.2 Å². The van der Waals surface area contributed by atoms with E-state index in [1.165, 1.54) is 6.33 Å². The zero-order valence-corrected chi connectivity index (χ0v) is 21.8. The van der Waals surface area contributed by atoms with Gasteiger partial charge in [0, 0.05) is 37.5 Å². The van der Waals surface area contributed by atoms with Crippen molar-refractivity contribution in [2.45, 2.75) is 25.8 Å². The van der Waals surface area contributed by atoms with Gasteiger partial charge in [-0.3, -0.25) is 9.59 Å². The molecule has 39 heavy (non-hydrogen) atoms. The van der Waals surface area contributed by atoms with Crippen LogP contribution in [0.25, 0.3) is 5.57 Å². The summed E-state index contributed by atoms with van der Waals surface area (Å²) < 4.78 is 5.95. The number of carbonyl (C=O) groups excluding carboxylic acids is 1. The van der Waals surface area contributed by atoms with Gasteiger partial charge in [-0.1, -0.05) is 30.3 Å². The molecule has 0 fully saturated rings. The van der Waals surface area contributed by atoms with Gasteiger partial charge >= 0.3 is 5.97 Å². The summed E-state index contributed by atoms with van der Waals surface area (Å²) in [5.41, 5.74) is 3.62. The van der Waals surface area contributed by atoms with Gasteiger partial charge in [-0.25, -0.2) is 9.97 Å². The minimum absolute atomic E-state index is 0.0265. The average Bonchev–Trinajstić information content (AvgIpc) is 3.27. The number of amides is 1. The first kappa shape index (κ1) is 27.4. The highest BCUT2D eigenvalue weighted by molar-refractivity contribution is 6.32. The molecule has 0 aliphatic carbocycles. The van der Waals surface area contributed by atoms with Gasteiger partial charge in [0.1, 0.15) is 23.7 Å². The minimum atomic E-state index is -0.863. The molecule has 6 N–H and O–H groups in total. The largest absolute Gasteiger partial charge is 0.491 e. The predicted octanol–water partition coefficient (Wildman–Crippen LogP) is 3.76. The van der Waals surface area contributed by atoms with E-state index in [9.17, 15) is 9.59 Å². The number of ether oxygens (including phenoxy) is 1. The second kappa shape index (κ2) is 13.8. The highest BCUT2D eigenvalue weighted by Gasteiger charge is 2.29. The molecule has 0 bridgehead atoms. The second-order valence-corrected chi connectivity index (χ2v) is 8.88. The van der Waals surface area contributed by atoms with Crippen LogP contribution in [-0.4, -0.2) is 53.7 Å². The van der Waals surface area contributed by atoms with Crippen molar-refractivity contribution in [1.29, 1.82) is 0 Å². The number of fused-ring (bicyclic) bond motifs is 1. The first-order valence-corrected chi connectivity index (χ1v) is 12.8. The Morgan fingerprint density at radius 2 is 1.92 bits per heavy atom. The van der Waals surface area contributed by atoms with Crippen LogP contribution < -0.4 is 31.3 Å². The van der Waals surface area contributed by atoms with Gasteiger partial charge in [-0.2, -0.15) is 0 Å². The molecule has 204 valence electrons. The van der Waals surface area contributed by atoms with Crippen LogP contribution in [0.2, 0.25) is 0 Å². The first-order valence-electron chi connectivity index (χ1n) is 12.8. The Labute approximate surface area is 227 Å². The Kier molecular flexibility index (Phi) is 9.68. The van der Waals surface area contributed by atoms with Gasteiger partial charge in [-0.05, 0) is 44.1 Å². The van der Waals surface area contributed by atoms with Gasteiger partial charge in [0.2, 0.25) is 0 Å². The fourth-order valence-corrected chi connectivity index (χ4v) is 4.00. The Hall–Kier alpha value is -4.64. The summed E-state index contributed by atoms with van der Waals surface area (Å²) in [6.07, 6.45) is 4.36. The molecule has 1 aromatic heterocycles. The number of carboxylic acids is 1. The van der Waals surface area contributed by atoms with Crippen molar-refractivity contribution in [2.75, 3.05) is 48.0 Å². The smallest absolute Gasteiger partial charge is 0.303 e. The monoisotopic (exact) mass is 531 g/mol. The highest BCUT2D eigenvalue weighted by atomic mass is 16.5. The Balaban J connectivity index is 1.51. The number of aromatic nitrogens is 2. The van der Waals surface area contributed by atoms with Crippen LogP contribution in [-0.2, 0) is 16.1 Å². The van der Waals surface area contributed by atoms with Crippen LogP contribution >= 0.6 is 0 Å². The molecule has 2 aromatic carbocycles. The normalized spacial score (nSPS) is 13.1. The zero-order chi connectivity index (χ0) is 27.5. The van der Waals surface area contributed by atoms with Crippen molar-refractivity contribution in [2.24, 2.45) is 0 Å². The third kappa shape index (κ3) is 7.68. The Morgan fingerprint density at radius 3 is 2.72 bits per heavy atom. The number of nitrogens with zero attached hydrogens (tertiary/aromatic N) is 2. The number of aliphatic carboxylic acids is 1. The minimum Gasteiger partial charge on any atom is -0.491 e. The quantitative estimate of drug-likeness (QED) is 0.126. The molecule has 0 spiro atoms. The number of benzene rings is 2. The zero-order valence-electron chi connectivity index (χ0n) is 21.8. The maximum atomic E-state index is 12.7. The van der Waals surface area contributed by atoms with Crippen molar-refractivity contribution >= 4 is 40.5 Å². The lowest BCUT2D eigenvalue weighted by molar-refractivity contribution is -0.137. The molecule has 0 saturated carbocycles. The summed E-state index contributed by atoms with van der Waals surface area (Å²) in [6, 6.07) is 15.6. The van der Waals surface area contributed by atoms with Gasteiger partial charge in [0.25, 0.3) is 5.91 Å². The predicted molar refractivity (Wildman–Crippen MR) is 152 cm³/mol. The number of hydrogen-bond donors (Lipinski definition) is 6. The summed E-state index contributed by atoms with van der Waals surface area (Å²) in [5.74, 6) is 0.485. The van der Waals surface area contributed by atoms with E-state index in [1.807, 2.05) is 55.6 Å². The molecule has 0 unspecified atom stereocenters. The first-order chi connectivity index (χ1) is 19.0. The van der Waals surface area contributed by atoms with Crippen molar-refractivity contribution < 1.29 is 19.4 Å². The molecule has 4 rings (SSSR count). The number of rotatable bonds is 15. The van der Waals surface area contributed by atoms with E-state index < -0.39 is 5.97 Å². The molecule has 0 radical (unpaired) electrons. The van der Waals surface area contributed by atoms with Crippen LogP contribution in [0, 0.1) is 0 Å². The lowest BCUT2D eigenvalue weighted by atomic mass is 10.1. The summed E-state index contributed by atoms with van der Waals surface area (Å²) in [6.45, 7) is 2.41. The summed E-state index contributed by atoms with van der Waals surface area (Å²) in [5, 5.41) is 24.7. The number of carboxylic acid groups (broad SMARTS) is 1. The van der Waals surface area contributed by atoms with E-state index in [0.29, 0.717) is 53.7 Å². The van der Waals surface area contributed by atoms with Gasteiger partial charge in [-0.15, -0.1) is 0 Å². The van der Waals surface area contributed by atoms with Crippen LogP contribution in [0.3, 0.4) is 0 Å². The van der Waals surface area contributed by atoms with Crippen LogP contribution in [0.5, 0.6) is 5.75 Å². The molecular formula is C28H33N7O4. The number of nitrogens with one attached hydrogen (secondary N) is 5. The van der Waals surface area contributed by atoms with Gasteiger partial charge in [0.15, 0.2) is 0 Å². The van der Waals surface area contributed by atoms with Gasteiger partial charge < -0.3 is 36.4 Å². The maximum absolute atomic E-state index is 12.7. The molecule has 2 heterocycles. The Morgan fingerprint density at radius 1 is 1.08 bits per heavy atom.